The van der Waals surface area contributed by atoms with Gasteiger partial charge in [0.05, 0.1) is 17.2 Å². The van der Waals surface area contributed by atoms with Gasteiger partial charge in [-0.1, -0.05) is 47.5 Å². The molecule has 3 aromatic rings. The Hall–Kier alpha value is -3.40. The summed E-state index contributed by atoms with van der Waals surface area (Å²) in [6, 6.07) is 19.6. The van der Waals surface area contributed by atoms with Gasteiger partial charge in [-0.3, -0.25) is 4.79 Å². The number of halogens is 2. The van der Waals surface area contributed by atoms with Crippen molar-refractivity contribution < 1.29 is 14.3 Å². The third-order valence-corrected chi connectivity index (χ3v) is 6.27. The van der Waals surface area contributed by atoms with E-state index in [-0.39, 0.29) is 22.7 Å². The maximum Gasteiger partial charge on any atom is 0.339 e. The average Bonchev–Trinajstić information content (AvgIpc) is 2.82. The number of pyridine rings is 1. The predicted molar refractivity (Wildman–Crippen MR) is 140 cm³/mol. The number of amides is 1. The summed E-state index contributed by atoms with van der Waals surface area (Å²) < 4.78 is 5.55. The van der Waals surface area contributed by atoms with E-state index in [4.69, 9.17) is 27.9 Å². The van der Waals surface area contributed by atoms with Crippen LogP contribution in [0.4, 0.5) is 0 Å². The number of carbonyl (C=O) groups excluding carboxylic acids is 2. The number of nitrogens with zero attached hydrogens (tertiary/aromatic N) is 2. The van der Waals surface area contributed by atoms with Gasteiger partial charge in [-0.05, 0) is 81.6 Å². The summed E-state index contributed by atoms with van der Waals surface area (Å²) in [4.78, 5) is 30.0. The van der Waals surface area contributed by atoms with E-state index >= 15 is 0 Å². The topological polar surface area (TPSA) is 92.1 Å². The fraction of sp³-hybridized carbons (Fsp3) is 0.286. The first-order valence-electron chi connectivity index (χ1n) is 11.4. The number of carbonyl (C=O) groups is 2. The number of benzene rings is 2. The molecular weight excluding hydrogens is 497 g/mol. The molecule has 0 radical (unpaired) electrons. The van der Waals surface area contributed by atoms with Gasteiger partial charge in [-0.2, -0.15) is 5.26 Å². The number of nitriles is 1. The van der Waals surface area contributed by atoms with E-state index in [1.165, 1.54) is 19.9 Å². The highest BCUT2D eigenvalue weighted by atomic mass is 35.5. The first-order chi connectivity index (χ1) is 17.0. The van der Waals surface area contributed by atoms with Crippen molar-refractivity contribution in [3.63, 3.8) is 0 Å². The zero-order valence-corrected chi connectivity index (χ0v) is 22.0. The summed E-state index contributed by atoms with van der Waals surface area (Å²) in [7, 11) is 0. The second-order valence-electron chi connectivity index (χ2n) is 9.16. The van der Waals surface area contributed by atoms with Crippen LogP contribution in [0.1, 0.15) is 59.4 Å². The second kappa shape index (κ2) is 11.6. The fourth-order valence-corrected chi connectivity index (χ4v) is 4.24. The molecule has 1 amide bonds. The first kappa shape index (κ1) is 27.2. The molecule has 1 aromatic heterocycles. The molecule has 3 rings (SSSR count). The zero-order valence-electron chi connectivity index (χ0n) is 20.5. The minimum atomic E-state index is -1.45. The van der Waals surface area contributed by atoms with Crippen molar-refractivity contribution in [2.24, 2.45) is 0 Å². The van der Waals surface area contributed by atoms with E-state index in [0.717, 1.165) is 11.1 Å². The smallest absolute Gasteiger partial charge is 0.339 e. The van der Waals surface area contributed by atoms with Crippen LogP contribution >= 0.6 is 23.2 Å². The van der Waals surface area contributed by atoms with Gasteiger partial charge in [-0.25, -0.2) is 9.78 Å². The van der Waals surface area contributed by atoms with Gasteiger partial charge in [0.1, 0.15) is 5.15 Å². The van der Waals surface area contributed by atoms with Crippen LogP contribution in [0, 0.1) is 18.3 Å². The summed E-state index contributed by atoms with van der Waals surface area (Å²) in [5.41, 5.74) is 1.81. The molecule has 0 saturated carbocycles. The summed E-state index contributed by atoms with van der Waals surface area (Å²) >= 11 is 12.0. The lowest BCUT2D eigenvalue weighted by atomic mass is 9.85. The molecule has 1 heterocycles. The molecule has 186 valence electrons. The SMILES string of the molecule is Cc1cc(C(=O)OC(C)(C)C(=O)NC(C)C(Cc2ccc(Cl)cc2)c2cccc(C#N)c2)cc(Cl)n1. The van der Waals surface area contributed by atoms with Gasteiger partial charge >= 0.3 is 5.97 Å². The molecule has 2 atom stereocenters. The van der Waals surface area contributed by atoms with Gasteiger partial charge in [0, 0.05) is 22.7 Å². The molecule has 0 saturated heterocycles. The highest BCUT2D eigenvalue weighted by Crippen LogP contribution is 2.27. The monoisotopic (exact) mass is 523 g/mol. The van der Waals surface area contributed by atoms with Crippen molar-refractivity contribution in [1.29, 1.82) is 5.26 Å². The largest absolute Gasteiger partial charge is 0.446 e. The van der Waals surface area contributed by atoms with E-state index in [9.17, 15) is 14.9 Å². The standard InChI is InChI=1S/C28H27Cl2N3O3/c1-17-12-22(15-25(30)32-17)26(34)36-28(3,4)27(35)33-18(2)24(14-19-8-10-23(29)11-9-19)21-7-5-6-20(13-21)16-31/h5-13,15,18,24H,14H2,1-4H3,(H,33,35). The van der Waals surface area contributed by atoms with Crippen LogP contribution < -0.4 is 5.32 Å². The van der Waals surface area contributed by atoms with Crippen molar-refractivity contribution in [2.45, 2.75) is 51.7 Å². The number of nitrogens with one attached hydrogen (secondary N) is 1. The van der Waals surface area contributed by atoms with Crippen LogP contribution in [0.5, 0.6) is 0 Å². The number of esters is 1. The van der Waals surface area contributed by atoms with Gasteiger partial charge in [0.2, 0.25) is 0 Å². The molecular formula is C28H27Cl2N3O3. The minimum Gasteiger partial charge on any atom is -0.446 e. The fourth-order valence-electron chi connectivity index (χ4n) is 3.86. The van der Waals surface area contributed by atoms with E-state index in [0.29, 0.717) is 22.7 Å². The summed E-state index contributed by atoms with van der Waals surface area (Å²) in [5, 5.41) is 13.2. The molecule has 0 spiro atoms. The maximum atomic E-state index is 13.2. The number of ether oxygens (including phenoxy) is 1. The first-order valence-corrected chi connectivity index (χ1v) is 12.2. The molecule has 6 nitrogen and oxygen atoms in total. The van der Waals surface area contributed by atoms with E-state index in [1.807, 2.05) is 49.4 Å². The molecule has 2 aromatic carbocycles. The van der Waals surface area contributed by atoms with E-state index in [1.54, 1.807) is 19.1 Å². The Bertz CT molecular complexity index is 1280. The van der Waals surface area contributed by atoms with Crippen LogP contribution in [0.2, 0.25) is 10.2 Å². The molecule has 0 fully saturated rings. The number of hydrogen-bond donors (Lipinski definition) is 1. The molecule has 0 bridgehead atoms. The highest BCUT2D eigenvalue weighted by Gasteiger charge is 2.35. The Kier molecular flexibility index (Phi) is 8.73. The van der Waals surface area contributed by atoms with E-state index < -0.39 is 17.5 Å². The predicted octanol–water partition coefficient (Wildman–Crippen LogP) is 6.04. The van der Waals surface area contributed by atoms with Crippen LogP contribution in [-0.2, 0) is 16.0 Å². The molecule has 8 heteroatoms. The van der Waals surface area contributed by atoms with Crippen LogP contribution in [0.3, 0.4) is 0 Å². The molecule has 2 unspecified atom stereocenters. The van der Waals surface area contributed by atoms with Gasteiger partial charge in [0.15, 0.2) is 5.60 Å². The Morgan fingerprint density at radius 2 is 1.81 bits per heavy atom. The lowest BCUT2D eigenvalue weighted by molar-refractivity contribution is -0.138. The van der Waals surface area contributed by atoms with Crippen molar-refractivity contribution in [1.82, 2.24) is 10.3 Å². The third-order valence-electron chi connectivity index (χ3n) is 5.83. The number of rotatable bonds is 8. The average molecular weight is 524 g/mol. The molecule has 1 N–H and O–H groups in total. The van der Waals surface area contributed by atoms with Gasteiger partial charge < -0.3 is 10.1 Å². The van der Waals surface area contributed by atoms with Gasteiger partial charge in [-0.15, -0.1) is 0 Å². The number of aryl methyl sites for hydroxylation is 1. The van der Waals surface area contributed by atoms with Crippen LogP contribution in [0.15, 0.2) is 60.7 Å². The Labute approximate surface area is 221 Å². The van der Waals surface area contributed by atoms with Crippen molar-refractivity contribution in [3.8, 4) is 6.07 Å². The number of aromatic nitrogens is 1. The Balaban J connectivity index is 1.80. The second-order valence-corrected chi connectivity index (χ2v) is 9.98. The molecule has 36 heavy (non-hydrogen) atoms. The third kappa shape index (κ3) is 7.07. The lowest BCUT2D eigenvalue weighted by Gasteiger charge is -2.30. The number of hydrogen-bond acceptors (Lipinski definition) is 5. The Morgan fingerprint density at radius 3 is 2.44 bits per heavy atom. The normalized spacial score (nSPS) is 12.8. The lowest BCUT2D eigenvalue weighted by Crippen LogP contribution is -2.50. The molecule has 0 aliphatic carbocycles. The summed E-state index contributed by atoms with van der Waals surface area (Å²) in [5.74, 6) is -1.27. The summed E-state index contributed by atoms with van der Waals surface area (Å²) in [6.45, 7) is 6.67. The van der Waals surface area contributed by atoms with Crippen molar-refractivity contribution >= 4 is 35.1 Å². The molecule has 0 aliphatic rings. The van der Waals surface area contributed by atoms with Gasteiger partial charge in [0.25, 0.3) is 5.91 Å². The van der Waals surface area contributed by atoms with Crippen LogP contribution in [-0.4, -0.2) is 28.5 Å². The van der Waals surface area contributed by atoms with E-state index in [2.05, 4.69) is 16.4 Å². The van der Waals surface area contributed by atoms with Crippen LogP contribution in [0.25, 0.3) is 0 Å². The molecule has 0 aliphatic heterocycles. The summed E-state index contributed by atoms with van der Waals surface area (Å²) in [6.07, 6.45) is 0.600. The Morgan fingerprint density at radius 1 is 1.11 bits per heavy atom. The minimum absolute atomic E-state index is 0.156. The maximum absolute atomic E-state index is 13.2. The highest BCUT2D eigenvalue weighted by molar-refractivity contribution is 6.30. The quantitative estimate of drug-likeness (QED) is 0.287. The zero-order chi connectivity index (χ0) is 26.5. The van der Waals surface area contributed by atoms with Crippen molar-refractivity contribution in [2.75, 3.05) is 0 Å². The van der Waals surface area contributed by atoms with Crippen molar-refractivity contribution in [3.05, 3.63) is 98.8 Å².